The van der Waals surface area contributed by atoms with E-state index in [9.17, 15) is 4.79 Å². The van der Waals surface area contributed by atoms with Gasteiger partial charge in [0.15, 0.2) is 5.78 Å². The summed E-state index contributed by atoms with van der Waals surface area (Å²) < 4.78 is 0. The van der Waals surface area contributed by atoms with Crippen molar-refractivity contribution < 1.29 is 4.79 Å². The quantitative estimate of drug-likeness (QED) is 0.858. The molecule has 1 aliphatic rings. The van der Waals surface area contributed by atoms with Crippen LogP contribution in [-0.4, -0.2) is 45.1 Å². The third-order valence-corrected chi connectivity index (χ3v) is 4.74. The van der Waals surface area contributed by atoms with E-state index < -0.39 is 0 Å². The minimum absolute atomic E-state index is 0.137. The van der Waals surface area contributed by atoms with Crippen LogP contribution in [0.4, 0.5) is 11.4 Å². The lowest BCUT2D eigenvalue weighted by atomic mass is 10.0. The lowest BCUT2D eigenvalue weighted by Gasteiger charge is -2.37. The van der Waals surface area contributed by atoms with Crippen LogP contribution in [0.2, 0.25) is 0 Å². The highest BCUT2D eigenvalue weighted by atomic mass is 16.1. The SMILES string of the molecule is CNC(C)C(=O)c1ccc(N2CCN(c3ccccc3)CC2)cc1. The van der Waals surface area contributed by atoms with Crippen molar-refractivity contribution in [2.24, 2.45) is 0 Å². The van der Waals surface area contributed by atoms with Gasteiger partial charge in [-0.3, -0.25) is 4.79 Å². The molecule has 4 nitrogen and oxygen atoms in total. The van der Waals surface area contributed by atoms with E-state index in [0.717, 1.165) is 31.7 Å². The molecule has 0 aliphatic carbocycles. The van der Waals surface area contributed by atoms with Gasteiger partial charge in [0.25, 0.3) is 0 Å². The Balaban J connectivity index is 1.61. The van der Waals surface area contributed by atoms with Crippen LogP contribution in [0, 0.1) is 0 Å². The van der Waals surface area contributed by atoms with Gasteiger partial charge in [-0.2, -0.15) is 0 Å². The van der Waals surface area contributed by atoms with Crippen LogP contribution in [0.3, 0.4) is 0 Å². The summed E-state index contributed by atoms with van der Waals surface area (Å²) in [5.41, 5.74) is 3.25. The van der Waals surface area contributed by atoms with E-state index in [2.05, 4.69) is 57.6 Å². The number of piperazine rings is 1. The Kier molecular flexibility index (Phi) is 5.16. The van der Waals surface area contributed by atoms with Gasteiger partial charge in [-0.15, -0.1) is 0 Å². The van der Waals surface area contributed by atoms with Gasteiger partial charge in [0.2, 0.25) is 0 Å². The fourth-order valence-corrected chi connectivity index (χ4v) is 3.08. The Bertz CT molecular complexity index is 661. The maximum absolute atomic E-state index is 12.2. The number of carbonyl (C=O) groups excluding carboxylic acids is 1. The van der Waals surface area contributed by atoms with Crippen molar-refractivity contribution in [3.8, 4) is 0 Å². The van der Waals surface area contributed by atoms with Gasteiger partial charge in [-0.1, -0.05) is 18.2 Å². The van der Waals surface area contributed by atoms with E-state index in [1.54, 1.807) is 0 Å². The van der Waals surface area contributed by atoms with Crippen molar-refractivity contribution in [3.63, 3.8) is 0 Å². The molecule has 3 rings (SSSR count). The third kappa shape index (κ3) is 3.60. The first-order chi connectivity index (χ1) is 11.7. The smallest absolute Gasteiger partial charge is 0.179 e. The maximum Gasteiger partial charge on any atom is 0.179 e. The summed E-state index contributed by atoms with van der Waals surface area (Å²) in [4.78, 5) is 17.0. The largest absolute Gasteiger partial charge is 0.368 e. The summed E-state index contributed by atoms with van der Waals surface area (Å²) in [5, 5.41) is 3.00. The Morgan fingerprint density at radius 2 is 1.38 bits per heavy atom. The number of ketones is 1. The molecule has 2 aromatic rings. The number of para-hydroxylation sites is 1. The van der Waals surface area contributed by atoms with Gasteiger partial charge in [0.1, 0.15) is 0 Å². The van der Waals surface area contributed by atoms with E-state index >= 15 is 0 Å². The van der Waals surface area contributed by atoms with Crippen LogP contribution < -0.4 is 15.1 Å². The first kappa shape index (κ1) is 16.5. The number of nitrogens with zero attached hydrogens (tertiary/aromatic N) is 2. The average Bonchev–Trinajstić information content (AvgIpc) is 2.68. The van der Waals surface area contributed by atoms with Crippen LogP contribution in [0.1, 0.15) is 17.3 Å². The number of hydrogen-bond donors (Lipinski definition) is 1. The summed E-state index contributed by atoms with van der Waals surface area (Å²) in [7, 11) is 1.81. The molecule has 2 aromatic carbocycles. The molecule has 126 valence electrons. The second-order valence-corrected chi connectivity index (χ2v) is 6.23. The van der Waals surface area contributed by atoms with Gasteiger partial charge >= 0.3 is 0 Å². The second-order valence-electron chi connectivity index (χ2n) is 6.23. The monoisotopic (exact) mass is 323 g/mol. The molecule has 24 heavy (non-hydrogen) atoms. The Hall–Kier alpha value is -2.33. The summed E-state index contributed by atoms with van der Waals surface area (Å²) in [5.74, 6) is 0.137. The Labute approximate surface area is 144 Å². The van der Waals surface area contributed by atoms with Crippen molar-refractivity contribution in [3.05, 3.63) is 60.2 Å². The van der Waals surface area contributed by atoms with Crippen LogP contribution in [0.5, 0.6) is 0 Å². The highest BCUT2D eigenvalue weighted by molar-refractivity contribution is 6.00. The molecule has 0 bridgehead atoms. The number of carbonyl (C=O) groups is 1. The molecule has 1 atom stereocenters. The van der Waals surface area contributed by atoms with Crippen LogP contribution in [0.25, 0.3) is 0 Å². The predicted octanol–water partition coefficient (Wildman–Crippen LogP) is 2.80. The second kappa shape index (κ2) is 7.49. The van der Waals surface area contributed by atoms with Crippen molar-refractivity contribution in [2.75, 3.05) is 43.0 Å². The average molecular weight is 323 g/mol. The molecule has 1 aliphatic heterocycles. The standard InChI is InChI=1S/C20H25N3O/c1-16(21-2)20(24)17-8-10-19(11-9-17)23-14-12-22(13-15-23)18-6-4-3-5-7-18/h3-11,16,21H,12-15H2,1-2H3. The zero-order valence-corrected chi connectivity index (χ0v) is 14.4. The van der Waals surface area contributed by atoms with Crippen molar-refractivity contribution in [2.45, 2.75) is 13.0 Å². The molecule has 0 amide bonds. The highest BCUT2D eigenvalue weighted by Crippen LogP contribution is 2.21. The molecule has 0 spiro atoms. The van der Waals surface area contributed by atoms with E-state index in [4.69, 9.17) is 0 Å². The molecule has 1 unspecified atom stereocenters. The number of anilines is 2. The van der Waals surface area contributed by atoms with Gasteiger partial charge in [-0.05, 0) is 50.4 Å². The number of nitrogens with one attached hydrogen (secondary N) is 1. The molecule has 0 aromatic heterocycles. The molecule has 1 heterocycles. The minimum atomic E-state index is -0.148. The molecular formula is C20H25N3O. The van der Waals surface area contributed by atoms with Crippen molar-refractivity contribution >= 4 is 17.2 Å². The van der Waals surface area contributed by atoms with Crippen LogP contribution in [-0.2, 0) is 0 Å². The van der Waals surface area contributed by atoms with Crippen molar-refractivity contribution in [1.29, 1.82) is 0 Å². The van der Waals surface area contributed by atoms with Gasteiger partial charge < -0.3 is 15.1 Å². The molecule has 1 N–H and O–H groups in total. The Morgan fingerprint density at radius 1 is 0.875 bits per heavy atom. The summed E-state index contributed by atoms with van der Waals surface area (Å²) in [6, 6.07) is 18.4. The fraction of sp³-hybridized carbons (Fsp3) is 0.350. The van der Waals surface area contributed by atoms with E-state index in [0.29, 0.717) is 0 Å². The molecule has 1 fully saturated rings. The predicted molar refractivity (Wildman–Crippen MR) is 100 cm³/mol. The van der Waals surface area contributed by atoms with Gasteiger partial charge in [0, 0.05) is 43.1 Å². The maximum atomic E-state index is 12.2. The molecule has 4 heteroatoms. The number of hydrogen-bond acceptors (Lipinski definition) is 4. The highest BCUT2D eigenvalue weighted by Gasteiger charge is 2.18. The van der Waals surface area contributed by atoms with E-state index in [1.165, 1.54) is 11.4 Å². The first-order valence-electron chi connectivity index (χ1n) is 8.55. The summed E-state index contributed by atoms with van der Waals surface area (Å²) >= 11 is 0. The Morgan fingerprint density at radius 3 is 1.88 bits per heavy atom. The molecule has 1 saturated heterocycles. The van der Waals surface area contributed by atoms with Crippen LogP contribution >= 0.6 is 0 Å². The zero-order valence-electron chi connectivity index (χ0n) is 14.4. The topological polar surface area (TPSA) is 35.6 Å². The van der Waals surface area contributed by atoms with Gasteiger partial charge in [-0.25, -0.2) is 0 Å². The fourth-order valence-electron chi connectivity index (χ4n) is 3.08. The number of benzene rings is 2. The summed E-state index contributed by atoms with van der Waals surface area (Å²) in [6.45, 7) is 5.91. The third-order valence-electron chi connectivity index (χ3n) is 4.74. The van der Waals surface area contributed by atoms with Gasteiger partial charge in [0.05, 0.1) is 6.04 Å². The van der Waals surface area contributed by atoms with E-state index in [-0.39, 0.29) is 11.8 Å². The lowest BCUT2D eigenvalue weighted by Crippen LogP contribution is -2.46. The minimum Gasteiger partial charge on any atom is -0.368 e. The summed E-state index contributed by atoms with van der Waals surface area (Å²) in [6.07, 6.45) is 0. The molecule has 0 saturated carbocycles. The zero-order chi connectivity index (χ0) is 16.9. The lowest BCUT2D eigenvalue weighted by molar-refractivity contribution is 0.0955. The number of likely N-dealkylation sites (N-methyl/N-ethyl adjacent to an activating group) is 1. The first-order valence-corrected chi connectivity index (χ1v) is 8.55. The number of Topliss-reactive ketones (excluding diaryl/α,β-unsaturated/α-hetero) is 1. The van der Waals surface area contributed by atoms with Crippen LogP contribution in [0.15, 0.2) is 54.6 Å². The number of rotatable bonds is 5. The van der Waals surface area contributed by atoms with E-state index in [1.807, 2.05) is 26.1 Å². The molecular weight excluding hydrogens is 298 g/mol. The van der Waals surface area contributed by atoms with Crippen molar-refractivity contribution in [1.82, 2.24) is 5.32 Å². The normalized spacial score (nSPS) is 16.1. The molecule has 0 radical (unpaired) electrons.